The smallest absolute Gasteiger partial charge is 0.0511 e. The number of fused-ring (bicyclic) bond motifs is 1. The summed E-state index contributed by atoms with van der Waals surface area (Å²) in [5, 5.41) is 5.58. The Morgan fingerprint density at radius 2 is 2.05 bits per heavy atom. The van der Waals surface area contributed by atoms with Crippen molar-refractivity contribution in [3.63, 3.8) is 0 Å². The Labute approximate surface area is 123 Å². The fourth-order valence-corrected chi connectivity index (χ4v) is 2.69. The summed E-state index contributed by atoms with van der Waals surface area (Å²) in [5.41, 5.74) is 3.50. The van der Waals surface area contributed by atoms with Crippen LogP contribution in [0.1, 0.15) is 24.9 Å². The standard InChI is InChI=1S/C17H17ClN2/c1-2-16(12-4-3-5-14(18)10-12)20-15-6-7-17-13(11-15)8-9-19-17/h3-11,16,19-20H,2H2,1H3. The fraction of sp³-hybridized carbons (Fsp3) is 0.176. The Hall–Kier alpha value is -1.93. The number of H-pyrrole nitrogens is 1. The minimum atomic E-state index is 0.269. The molecule has 0 spiro atoms. The van der Waals surface area contributed by atoms with Crippen LogP contribution in [-0.4, -0.2) is 4.98 Å². The van der Waals surface area contributed by atoms with Gasteiger partial charge in [-0.3, -0.25) is 0 Å². The van der Waals surface area contributed by atoms with Crippen molar-refractivity contribution in [2.75, 3.05) is 5.32 Å². The Balaban J connectivity index is 1.87. The molecule has 2 N–H and O–H groups in total. The van der Waals surface area contributed by atoms with Gasteiger partial charge in [0.1, 0.15) is 0 Å². The summed E-state index contributed by atoms with van der Waals surface area (Å²) < 4.78 is 0. The molecule has 20 heavy (non-hydrogen) atoms. The first-order chi connectivity index (χ1) is 9.76. The molecule has 3 heteroatoms. The summed E-state index contributed by atoms with van der Waals surface area (Å²) in [6, 6.07) is 16.8. The third kappa shape index (κ3) is 2.66. The zero-order valence-corrected chi connectivity index (χ0v) is 12.1. The molecule has 102 valence electrons. The maximum atomic E-state index is 6.08. The number of halogens is 1. The molecule has 1 aromatic heterocycles. The number of rotatable bonds is 4. The van der Waals surface area contributed by atoms with E-state index >= 15 is 0 Å². The second-order valence-corrected chi connectivity index (χ2v) is 5.38. The van der Waals surface area contributed by atoms with Crippen molar-refractivity contribution in [3.05, 3.63) is 65.3 Å². The van der Waals surface area contributed by atoms with Crippen molar-refractivity contribution in [2.45, 2.75) is 19.4 Å². The predicted octanol–water partition coefficient (Wildman–Crippen LogP) is 5.38. The van der Waals surface area contributed by atoms with Crippen molar-refractivity contribution in [3.8, 4) is 0 Å². The molecule has 0 aliphatic heterocycles. The van der Waals surface area contributed by atoms with E-state index in [1.807, 2.05) is 24.4 Å². The average Bonchev–Trinajstić information content (AvgIpc) is 2.92. The lowest BCUT2D eigenvalue weighted by Crippen LogP contribution is -2.09. The summed E-state index contributed by atoms with van der Waals surface area (Å²) in [4.78, 5) is 3.21. The second-order valence-electron chi connectivity index (χ2n) is 4.94. The minimum Gasteiger partial charge on any atom is -0.378 e. The van der Waals surface area contributed by atoms with Gasteiger partial charge in [-0.05, 0) is 48.4 Å². The lowest BCUT2D eigenvalue weighted by Gasteiger charge is -2.19. The minimum absolute atomic E-state index is 0.269. The Bertz CT molecular complexity index is 718. The van der Waals surface area contributed by atoms with Crippen molar-refractivity contribution in [1.82, 2.24) is 4.98 Å². The monoisotopic (exact) mass is 284 g/mol. The number of hydrogen-bond donors (Lipinski definition) is 2. The van der Waals surface area contributed by atoms with Crippen LogP contribution in [0.25, 0.3) is 10.9 Å². The van der Waals surface area contributed by atoms with Gasteiger partial charge in [-0.2, -0.15) is 0 Å². The van der Waals surface area contributed by atoms with Crippen LogP contribution in [0.4, 0.5) is 5.69 Å². The van der Waals surface area contributed by atoms with Gasteiger partial charge in [-0.25, -0.2) is 0 Å². The molecule has 2 nitrogen and oxygen atoms in total. The van der Waals surface area contributed by atoms with E-state index in [2.05, 4.69) is 47.6 Å². The number of benzene rings is 2. The van der Waals surface area contributed by atoms with Crippen LogP contribution in [0.5, 0.6) is 0 Å². The van der Waals surface area contributed by atoms with Crippen LogP contribution in [0.3, 0.4) is 0 Å². The molecule has 3 aromatic rings. The van der Waals surface area contributed by atoms with E-state index in [0.717, 1.165) is 22.6 Å². The van der Waals surface area contributed by atoms with Gasteiger partial charge in [0, 0.05) is 27.8 Å². The molecule has 0 saturated carbocycles. The zero-order valence-electron chi connectivity index (χ0n) is 11.4. The zero-order chi connectivity index (χ0) is 13.9. The maximum Gasteiger partial charge on any atom is 0.0511 e. The Kier molecular flexibility index (Phi) is 3.66. The van der Waals surface area contributed by atoms with Crippen LogP contribution in [0.15, 0.2) is 54.7 Å². The van der Waals surface area contributed by atoms with E-state index in [0.29, 0.717) is 0 Å². The molecule has 0 radical (unpaired) electrons. The lowest BCUT2D eigenvalue weighted by atomic mass is 10.0. The van der Waals surface area contributed by atoms with Gasteiger partial charge in [0.2, 0.25) is 0 Å². The van der Waals surface area contributed by atoms with E-state index in [4.69, 9.17) is 11.6 Å². The van der Waals surface area contributed by atoms with Crippen LogP contribution < -0.4 is 5.32 Å². The van der Waals surface area contributed by atoms with E-state index < -0.39 is 0 Å². The highest BCUT2D eigenvalue weighted by atomic mass is 35.5. The molecular formula is C17H17ClN2. The van der Waals surface area contributed by atoms with Crippen molar-refractivity contribution >= 4 is 28.2 Å². The molecule has 1 atom stereocenters. The van der Waals surface area contributed by atoms with Crippen LogP contribution in [-0.2, 0) is 0 Å². The molecule has 0 fully saturated rings. The third-order valence-electron chi connectivity index (χ3n) is 3.55. The number of aromatic nitrogens is 1. The van der Waals surface area contributed by atoms with Crippen molar-refractivity contribution in [1.29, 1.82) is 0 Å². The topological polar surface area (TPSA) is 27.8 Å². The highest BCUT2D eigenvalue weighted by Crippen LogP contribution is 2.26. The van der Waals surface area contributed by atoms with E-state index in [9.17, 15) is 0 Å². The Morgan fingerprint density at radius 1 is 1.15 bits per heavy atom. The van der Waals surface area contributed by atoms with Crippen LogP contribution >= 0.6 is 11.6 Å². The fourth-order valence-electron chi connectivity index (χ4n) is 2.49. The van der Waals surface area contributed by atoms with Crippen molar-refractivity contribution in [2.24, 2.45) is 0 Å². The molecule has 0 amide bonds. The maximum absolute atomic E-state index is 6.08. The van der Waals surface area contributed by atoms with E-state index in [1.165, 1.54) is 10.9 Å². The van der Waals surface area contributed by atoms with Gasteiger partial charge in [-0.15, -0.1) is 0 Å². The number of anilines is 1. The van der Waals surface area contributed by atoms with Gasteiger partial charge < -0.3 is 10.3 Å². The molecule has 3 rings (SSSR count). The average molecular weight is 285 g/mol. The first kappa shape index (κ1) is 13.1. The molecule has 0 aliphatic carbocycles. The third-order valence-corrected chi connectivity index (χ3v) is 3.79. The summed E-state index contributed by atoms with van der Waals surface area (Å²) in [6.45, 7) is 2.17. The first-order valence-electron chi connectivity index (χ1n) is 6.85. The van der Waals surface area contributed by atoms with Gasteiger partial charge in [0.05, 0.1) is 6.04 Å². The normalized spacial score (nSPS) is 12.5. The highest BCUT2D eigenvalue weighted by molar-refractivity contribution is 6.30. The number of hydrogen-bond acceptors (Lipinski definition) is 1. The lowest BCUT2D eigenvalue weighted by molar-refractivity contribution is 0.750. The summed E-state index contributed by atoms with van der Waals surface area (Å²) >= 11 is 6.08. The predicted molar refractivity (Wildman–Crippen MR) is 86.4 cm³/mol. The van der Waals surface area contributed by atoms with Crippen LogP contribution in [0.2, 0.25) is 5.02 Å². The first-order valence-corrected chi connectivity index (χ1v) is 7.23. The summed E-state index contributed by atoms with van der Waals surface area (Å²) in [6.07, 6.45) is 2.97. The summed E-state index contributed by atoms with van der Waals surface area (Å²) in [7, 11) is 0. The van der Waals surface area contributed by atoms with E-state index in [-0.39, 0.29) is 6.04 Å². The molecule has 1 heterocycles. The van der Waals surface area contributed by atoms with Crippen molar-refractivity contribution < 1.29 is 0 Å². The summed E-state index contributed by atoms with van der Waals surface area (Å²) in [5.74, 6) is 0. The molecule has 1 unspecified atom stereocenters. The highest BCUT2D eigenvalue weighted by Gasteiger charge is 2.09. The molecule has 0 aliphatic rings. The molecule has 0 bridgehead atoms. The molecular weight excluding hydrogens is 268 g/mol. The quantitative estimate of drug-likeness (QED) is 0.661. The van der Waals surface area contributed by atoms with Gasteiger partial charge in [0.25, 0.3) is 0 Å². The van der Waals surface area contributed by atoms with E-state index in [1.54, 1.807) is 0 Å². The second kappa shape index (κ2) is 5.59. The number of aromatic amines is 1. The van der Waals surface area contributed by atoms with Crippen LogP contribution in [0, 0.1) is 0 Å². The van der Waals surface area contributed by atoms with Gasteiger partial charge >= 0.3 is 0 Å². The molecule has 2 aromatic carbocycles. The van der Waals surface area contributed by atoms with Gasteiger partial charge in [-0.1, -0.05) is 30.7 Å². The SMILES string of the molecule is CCC(Nc1ccc2[nH]ccc2c1)c1cccc(Cl)c1. The molecule has 0 saturated heterocycles. The van der Waals surface area contributed by atoms with Gasteiger partial charge in [0.15, 0.2) is 0 Å². The Morgan fingerprint density at radius 3 is 2.85 bits per heavy atom. The largest absolute Gasteiger partial charge is 0.378 e. The number of nitrogens with one attached hydrogen (secondary N) is 2.